The molecule has 0 aliphatic carbocycles. The molecule has 138 valence electrons. The van der Waals surface area contributed by atoms with Crippen molar-refractivity contribution in [3.8, 4) is 17.5 Å². The van der Waals surface area contributed by atoms with Gasteiger partial charge in [-0.1, -0.05) is 36.0 Å². The van der Waals surface area contributed by atoms with Crippen molar-refractivity contribution in [1.82, 2.24) is 19.7 Å². The average molecular weight is 398 g/mol. The number of nitriles is 1. The highest BCUT2D eigenvalue weighted by Gasteiger charge is 2.24. The maximum absolute atomic E-state index is 12.6. The van der Waals surface area contributed by atoms with E-state index in [2.05, 4.69) is 21.3 Å². The van der Waals surface area contributed by atoms with Gasteiger partial charge in [0.2, 0.25) is 0 Å². The summed E-state index contributed by atoms with van der Waals surface area (Å²) in [5, 5.41) is 21.1. The number of benzene rings is 1. The molecule has 2 aromatic heterocycles. The Morgan fingerprint density at radius 2 is 2.11 bits per heavy atom. The summed E-state index contributed by atoms with van der Waals surface area (Å²) in [6, 6.07) is 10.1. The molecule has 2 heterocycles. The van der Waals surface area contributed by atoms with E-state index in [1.165, 1.54) is 23.1 Å². The third-order valence-electron chi connectivity index (χ3n) is 4.10. The Balaban J connectivity index is 1.78. The molecule has 0 amide bonds. The second-order valence-corrected chi connectivity index (χ2v) is 7.84. The van der Waals surface area contributed by atoms with Gasteiger partial charge in [-0.3, -0.25) is 4.79 Å². The van der Waals surface area contributed by atoms with Crippen molar-refractivity contribution in [3.05, 3.63) is 45.9 Å². The average Bonchev–Trinajstić information content (AvgIpc) is 3.27. The van der Waals surface area contributed by atoms with Crippen LogP contribution in [0.2, 0.25) is 0 Å². The SMILES string of the molecule is CCn1c(SCC(=O)[C@H](C#N)c2nc(C)cs2)nnc1-c1ccccc1C. The van der Waals surface area contributed by atoms with Gasteiger partial charge in [0.15, 0.2) is 22.7 Å². The molecule has 0 N–H and O–H groups in total. The van der Waals surface area contributed by atoms with Gasteiger partial charge in [-0.2, -0.15) is 5.26 Å². The van der Waals surface area contributed by atoms with Crippen molar-refractivity contribution in [3.63, 3.8) is 0 Å². The molecule has 3 aromatic rings. The molecule has 0 spiro atoms. The topological polar surface area (TPSA) is 84.5 Å². The molecule has 3 rings (SSSR count). The van der Waals surface area contributed by atoms with Crippen LogP contribution in [0.4, 0.5) is 0 Å². The smallest absolute Gasteiger partial charge is 0.191 e. The molecule has 0 saturated heterocycles. The summed E-state index contributed by atoms with van der Waals surface area (Å²) >= 11 is 2.66. The van der Waals surface area contributed by atoms with Crippen molar-refractivity contribution < 1.29 is 4.79 Å². The Morgan fingerprint density at radius 1 is 1.33 bits per heavy atom. The fourth-order valence-electron chi connectivity index (χ4n) is 2.69. The van der Waals surface area contributed by atoms with E-state index in [9.17, 15) is 10.1 Å². The van der Waals surface area contributed by atoms with E-state index in [1.54, 1.807) is 0 Å². The summed E-state index contributed by atoms with van der Waals surface area (Å²) < 4.78 is 2.00. The van der Waals surface area contributed by atoms with Gasteiger partial charge in [-0.15, -0.1) is 21.5 Å². The van der Waals surface area contributed by atoms with Crippen LogP contribution in [-0.2, 0) is 11.3 Å². The number of thiazole rings is 1. The van der Waals surface area contributed by atoms with Gasteiger partial charge >= 0.3 is 0 Å². The molecular formula is C19H19N5OS2. The van der Waals surface area contributed by atoms with Crippen LogP contribution in [0.25, 0.3) is 11.4 Å². The van der Waals surface area contributed by atoms with E-state index in [0.29, 0.717) is 16.7 Å². The minimum atomic E-state index is -0.829. The monoisotopic (exact) mass is 397 g/mol. The summed E-state index contributed by atoms with van der Waals surface area (Å²) in [5.41, 5.74) is 2.97. The summed E-state index contributed by atoms with van der Waals surface area (Å²) in [7, 11) is 0. The zero-order valence-electron chi connectivity index (χ0n) is 15.3. The van der Waals surface area contributed by atoms with E-state index in [4.69, 9.17) is 0 Å². The van der Waals surface area contributed by atoms with Crippen molar-refractivity contribution in [2.75, 3.05) is 5.75 Å². The Bertz CT molecular complexity index is 1000. The normalized spacial score (nSPS) is 11.9. The van der Waals surface area contributed by atoms with E-state index in [0.717, 1.165) is 22.6 Å². The number of hydrogen-bond acceptors (Lipinski definition) is 7. The lowest BCUT2D eigenvalue weighted by Crippen LogP contribution is -2.14. The molecular weight excluding hydrogens is 378 g/mol. The zero-order valence-corrected chi connectivity index (χ0v) is 17.0. The minimum Gasteiger partial charge on any atom is -0.302 e. The number of aryl methyl sites for hydroxylation is 2. The molecule has 8 heteroatoms. The maximum atomic E-state index is 12.6. The third-order valence-corrected chi connectivity index (χ3v) is 6.11. The van der Waals surface area contributed by atoms with E-state index >= 15 is 0 Å². The standard InChI is InChI=1S/C19H19N5OS2/c1-4-24-17(14-8-6-5-7-12(14)2)22-23-19(24)27-11-16(25)15(9-20)18-21-13(3)10-26-18/h5-8,10,15H,4,11H2,1-3H3/t15-/m0/s1. The Hall–Kier alpha value is -2.50. The van der Waals surface area contributed by atoms with Gasteiger partial charge in [-0.25, -0.2) is 4.98 Å². The predicted octanol–water partition coefficient (Wildman–Crippen LogP) is 4.01. The highest BCUT2D eigenvalue weighted by Crippen LogP contribution is 2.28. The van der Waals surface area contributed by atoms with E-state index in [1.807, 2.05) is 55.0 Å². The first-order chi connectivity index (χ1) is 13.0. The number of hydrogen-bond donors (Lipinski definition) is 0. The number of Topliss-reactive ketones (excluding diaryl/α,β-unsaturated/α-hetero) is 1. The number of nitrogens with zero attached hydrogens (tertiary/aromatic N) is 5. The number of carbonyl (C=O) groups excluding carboxylic acids is 1. The van der Waals surface area contributed by atoms with Crippen molar-refractivity contribution in [2.24, 2.45) is 0 Å². The van der Waals surface area contributed by atoms with Gasteiger partial charge in [0, 0.05) is 23.2 Å². The summed E-state index contributed by atoms with van der Waals surface area (Å²) in [6.45, 7) is 6.60. The number of ketones is 1. The number of aromatic nitrogens is 4. The van der Waals surface area contributed by atoms with Crippen molar-refractivity contribution in [1.29, 1.82) is 5.26 Å². The molecule has 1 aromatic carbocycles. The molecule has 0 saturated carbocycles. The molecule has 0 radical (unpaired) electrons. The molecule has 0 unspecified atom stereocenters. The molecule has 0 aliphatic rings. The van der Waals surface area contributed by atoms with Gasteiger partial charge in [0.05, 0.1) is 11.8 Å². The Morgan fingerprint density at radius 3 is 2.74 bits per heavy atom. The van der Waals surface area contributed by atoms with Crippen LogP contribution in [0.5, 0.6) is 0 Å². The van der Waals surface area contributed by atoms with Crippen LogP contribution < -0.4 is 0 Å². The molecule has 0 bridgehead atoms. The van der Waals surface area contributed by atoms with Crippen molar-refractivity contribution >= 4 is 28.9 Å². The van der Waals surface area contributed by atoms with Crippen LogP contribution in [0.3, 0.4) is 0 Å². The fourth-order valence-corrected chi connectivity index (χ4v) is 4.46. The summed E-state index contributed by atoms with van der Waals surface area (Å²) in [5.74, 6) is -0.0501. The zero-order chi connectivity index (χ0) is 19.4. The van der Waals surface area contributed by atoms with Crippen molar-refractivity contribution in [2.45, 2.75) is 38.4 Å². The number of carbonyl (C=O) groups is 1. The van der Waals surface area contributed by atoms with Gasteiger partial charge in [-0.05, 0) is 26.3 Å². The molecule has 6 nitrogen and oxygen atoms in total. The van der Waals surface area contributed by atoms with Crippen LogP contribution >= 0.6 is 23.1 Å². The highest BCUT2D eigenvalue weighted by molar-refractivity contribution is 7.99. The largest absolute Gasteiger partial charge is 0.302 e. The van der Waals surface area contributed by atoms with E-state index in [-0.39, 0.29) is 11.5 Å². The first kappa shape index (κ1) is 19.3. The van der Waals surface area contributed by atoms with Crippen LogP contribution in [0, 0.1) is 25.2 Å². The number of thioether (sulfide) groups is 1. The minimum absolute atomic E-state index is 0.156. The van der Waals surface area contributed by atoms with Crippen LogP contribution in [0.15, 0.2) is 34.8 Å². The second kappa shape index (κ2) is 8.46. The molecule has 1 atom stereocenters. The quantitative estimate of drug-likeness (QED) is 0.560. The summed E-state index contributed by atoms with van der Waals surface area (Å²) in [4.78, 5) is 16.8. The van der Waals surface area contributed by atoms with Gasteiger partial charge in [0.25, 0.3) is 0 Å². The first-order valence-electron chi connectivity index (χ1n) is 8.51. The maximum Gasteiger partial charge on any atom is 0.191 e. The van der Waals surface area contributed by atoms with E-state index < -0.39 is 5.92 Å². The lowest BCUT2D eigenvalue weighted by Gasteiger charge is -2.09. The molecule has 0 fully saturated rings. The lowest BCUT2D eigenvalue weighted by molar-refractivity contribution is -0.116. The Kier molecular flexibility index (Phi) is 6.04. The fraction of sp³-hybridized carbons (Fsp3) is 0.316. The summed E-state index contributed by atoms with van der Waals surface area (Å²) in [6.07, 6.45) is 0. The van der Waals surface area contributed by atoms with Crippen LogP contribution in [-0.4, -0.2) is 31.3 Å². The number of rotatable bonds is 7. The van der Waals surface area contributed by atoms with Crippen LogP contribution in [0.1, 0.15) is 29.1 Å². The second-order valence-electron chi connectivity index (χ2n) is 6.01. The molecule has 27 heavy (non-hydrogen) atoms. The molecule has 0 aliphatic heterocycles. The third kappa shape index (κ3) is 4.10. The van der Waals surface area contributed by atoms with Gasteiger partial charge in [0.1, 0.15) is 5.01 Å². The first-order valence-corrected chi connectivity index (χ1v) is 10.4. The van der Waals surface area contributed by atoms with Gasteiger partial charge < -0.3 is 4.57 Å². The highest BCUT2D eigenvalue weighted by atomic mass is 32.2. The Labute approximate surface area is 166 Å². The predicted molar refractivity (Wildman–Crippen MR) is 107 cm³/mol. The lowest BCUT2D eigenvalue weighted by atomic mass is 10.1.